The SMILES string of the molecule is Cc1nc([N+](=O)[O-])c([N+](=O)[O-])n1C[C@H](O)CCl. The van der Waals surface area contributed by atoms with E-state index in [1.54, 1.807) is 0 Å². The predicted octanol–water partition coefficient (Wildman–Crippen LogP) is 0.608. The van der Waals surface area contributed by atoms with Gasteiger partial charge in [0.25, 0.3) is 0 Å². The van der Waals surface area contributed by atoms with Crippen LogP contribution in [0.15, 0.2) is 0 Å². The van der Waals surface area contributed by atoms with Gasteiger partial charge in [-0.2, -0.15) is 4.57 Å². The predicted molar refractivity (Wildman–Crippen MR) is 57.0 cm³/mol. The molecular weight excluding hydrogens is 256 g/mol. The molecule has 0 aliphatic carbocycles. The number of rotatable bonds is 5. The van der Waals surface area contributed by atoms with Gasteiger partial charge < -0.3 is 25.3 Å². The van der Waals surface area contributed by atoms with Gasteiger partial charge in [-0.05, 0) is 9.85 Å². The summed E-state index contributed by atoms with van der Waals surface area (Å²) in [7, 11) is 0. The zero-order chi connectivity index (χ0) is 13.2. The van der Waals surface area contributed by atoms with E-state index in [0.29, 0.717) is 0 Å². The summed E-state index contributed by atoms with van der Waals surface area (Å²) in [5.74, 6) is -1.65. The zero-order valence-electron chi connectivity index (χ0n) is 8.74. The van der Waals surface area contributed by atoms with Crippen LogP contribution in [-0.4, -0.2) is 36.5 Å². The molecule has 1 rings (SSSR count). The summed E-state index contributed by atoms with van der Waals surface area (Å²) in [6, 6.07) is 0. The van der Waals surface area contributed by atoms with E-state index < -0.39 is 27.6 Å². The molecule has 0 amide bonds. The van der Waals surface area contributed by atoms with Crippen LogP contribution in [0.4, 0.5) is 11.6 Å². The molecule has 0 fully saturated rings. The largest absolute Gasteiger partial charge is 0.462 e. The van der Waals surface area contributed by atoms with Crippen molar-refractivity contribution in [3.05, 3.63) is 26.1 Å². The number of aromatic nitrogens is 2. The second-order valence-corrected chi connectivity index (χ2v) is 3.55. The lowest BCUT2D eigenvalue weighted by Gasteiger charge is -2.04. The van der Waals surface area contributed by atoms with Gasteiger partial charge in [-0.3, -0.25) is 0 Å². The molecule has 1 aromatic heterocycles. The van der Waals surface area contributed by atoms with Crippen molar-refractivity contribution < 1.29 is 15.0 Å². The second-order valence-electron chi connectivity index (χ2n) is 3.24. The van der Waals surface area contributed by atoms with Gasteiger partial charge in [0.1, 0.15) is 12.6 Å². The number of imidazole rings is 1. The molecule has 9 nitrogen and oxygen atoms in total. The Morgan fingerprint density at radius 3 is 2.47 bits per heavy atom. The summed E-state index contributed by atoms with van der Waals surface area (Å²) in [5, 5.41) is 30.7. The fraction of sp³-hybridized carbons (Fsp3) is 0.571. The van der Waals surface area contributed by atoms with Crippen LogP contribution >= 0.6 is 11.6 Å². The average Bonchev–Trinajstić information content (AvgIpc) is 2.56. The molecule has 0 saturated carbocycles. The highest BCUT2D eigenvalue weighted by Crippen LogP contribution is 2.27. The van der Waals surface area contributed by atoms with E-state index in [-0.39, 0.29) is 18.2 Å². The van der Waals surface area contributed by atoms with Crippen LogP contribution in [0.5, 0.6) is 0 Å². The lowest BCUT2D eigenvalue weighted by Crippen LogP contribution is -2.19. The number of aliphatic hydroxyl groups excluding tert-OH is 1. The van der Waals surface area contributed by atoms with Gasteiger partial charge >= 0.3 is 17.5 Å². The van der Waals surface area contributed by atoms with Crippen LogP contribution in [0.25, 0.3) is 0 Å². The smallest absolute Gasteiger partial charge is 0.388 e. The second kappa shape index (κ2) is 5.06. The van der Waals surface area contributed by atoms with Gasteiger partial charge in [-0.25, -0.2) is 0 Å². The van der Waals surface area contributed by atoms with Crippen LogP contribution in [0.3, 0.4) is 0 Å². The monoisotopic (exact) mass is 264 g/mol. The fourth-order valence-electron chi connectivity index (χ4n) is 1.32. The Hall–Kier alpha value is -1.74. The first-order valence-corrected chi connectivity index (χ1v) is 5.01. The molecule has 0 aliphatic rings. The standard InChI is InChI=1S/C7H9ClN4O5/c1-4-9-6(11(14)15)7(12(16)17)10(4)3-5(13)2-8/h5,13H,2-3H2,1H3/t5-/m1/s1. The first kappa shape index (κ1) is 13.3. The number of hydrogen-bond donors (Lipinski definition) is 1. The fourth-order valence-corrected chi connectivity index (χ4v) is 1.42. The Balaban J connectivity index is 3.28. The van der Waals surface area contributed by atoms with E-state index in [2.05, 4.69) is 4.98 Å². The molecule has 0 bridgehead atoms. The molecule has 0 unspecified atom stereocenters. The van der Waals surface area contributed by atoms with Crippen molar-refractivity contribution in [1.82, 2.24) is 9.55 Å². The number of aliphatic hydroxyl groups is 1. The maximum atomic E-state index is 10.8. The maximum absolute atomic E-state index is 10.8. The van der Waals surface area contributed by atoms with Crippen molar-refractivity contribution in [1.29, 1.82) is 0 Å². The first-order chi connectivity index (χ1) is 7.88. The van der Waals surface area contributed by atoms with E-state index in [9.17, 15) is 25.3 Å². The van der Waals surface area contributed by atoms with E-state index in [0.717, 1.165) is 4.57 Å². The van der Waals surface area contributed by atoms with Gasteiger partial charge in [0.05, 0.1) is 5.88 Å². The topological polar surface area (TPSA) is 124 Å². The molecule has 1 heterocycles. The van der Waals surface area contributed by atoms with E-state index in [1.165, 1.54) is 6.92 Å². The number of nitrogens with zero attached hydrogens (tertiary/aromatic N) is 4. The third-order valence-electron chi connectivity index (χ3n) is 2.03. The minimum atomic E-state index is -1.04. The molecule has 0 radical (unpaired) electrons. The molecular formula is C7H9ClN4O5. The lowest BCUT2D eigenvalue weighted by atomic mass is 10.4. The Morgan fingerprint density at radius 1 is 1.47 bits per heavy atom. The third kappa shape index (κ3) is 2.68. The highest BCUT2D eigenvalue weighted by molar-refractivity contribution is 6.18. The van der Waals surface area contributed by atoms with Crippen molar-refractivity contribution in [3.8, 4) is 0 Å². The van der Waals surface area contributed by atoms with E-state index >= 15 is 0 Å². The van der Waals surface area contributed by atoms with Crippen LogP contribution in [-0.2, 0) is 6.54 Å². The van der Waals surface area contributed by atoms with Crippen LogP contribution in [0.1, 0.15) is 5.82 Å². The highest BCUT2D eigenvalue weighted by atomic mass is 35.5. The summed E-state index contributed by atoms with van der Waals surface area (Å²) < 4.78 is 0.963. The molecule has 1 N–H and O–H groups in total. The van der Waals surface area contributed by atoms with Crippen molar-refractivity contribution >= 4 is 23.2 Å². The number of aryl methyl sites for hydroxylation is 1. The number of hydrogen-bond acceptors (Lipinski definition) is 6. The average molecular weight is 265 g/mol. The van der Waals surface area contributed by atoms with Crippen LogP contribution < -0.4 is 0 Å². The maximum Gasteiger partial charge on any atom is 0.462 e. The van der Waals surface area contributed by atoms with Crippen molar-refractivity contribution in [2.75, 3.05) is 5.88 Å². The number of halogens is 1. The van der Waals surface area contributed by atoms with Gasteiger partial charge in [-0.1, -0.05) is 0 Å². The Bertz CT molecular complexity index is 459. The van der Waals surface area contributed by atoms with Crippen molar-refractivity contribution in [2.45, 2.75) is 19.6 Å². The summed E-state index contributed by atoms with van der Waals surface area (Å²) in [6.45, 7) is 1.16. The first-order valence-electron chi connectivity index (χ1n) is 4.48. The van der Waals surface area contributed by atoms with Crippen LogP contribution in [0.2, 0.25) is 0 Å². The molecule has 0 spiro atoms. The van der Waals surface area contributed by atoms with Gasteiger partial charge in [0.15, 0.2) is 0 Å². The number of alkyl halides is 1. The molecule has 0 saturated heterocycles. The minimum Gasteiger partial charge on any atom is -0.388 e. The molecule has 0 aliphatic heterocycles. The van der Waals surface area contributed by atoms with E-state index in [4.69, 9.17) is 11.6 Å². The van der Waals surface area contributed by atoms with E-state index in [1.807, 2.05) is 0 Å². The van der Waals surface area contributed by atoms with Crippen molar-refractivity contribution in [2.24, 2.45) is 0 Å². The van der Waals surface area contributed by atoms with Gasteiger partial charge in [0.2, 0.25) is 0 Å². The van der Waals surface area contributed by atoms with Crippen molar-refractivity contribution in [3.63, 3.8) is 0 Å². The summed E-state index contributed by atoms with van der Waals surface area (Å²) in [6.07, 6.45) is -1.04. The molecule has 0 aromatic carbocycles. The normalized spacial score (nSPS) is 12.4. The molecule has 1 aromatic rings. The molecule has 94 valence electrons. The number of nitro groups is 2. The molecule has 1 atom stereocenters. The minimum absolute atomic E-state index is 0.0765. The highest BCUT2D eigenvalue weighted by Gasteiger charge is 2.36. The molecule has 17 heavy (non-hydrogen) atoms. The van der Waals surface area contributed by atoms with Gasteiger partial charge in [0, 0.05) is 11.9 Å². The Morgan fingerprint density at radius 2 is 2.06 bits per heavy atom. The lowest BCUT2D eigenvalue weighted by molar-refractivity contribution is -0.428. The third-order valence-corrected chi connectivity index (χ3v) is 2.39. The van der Waals surface area contributed by atoms with Gasteiger partial charge in [-0.15, -0.1) is 11.6 Å². The summed E-state index contributed by atoms with van der Waals surface area (Å²) in [4.78, 5) is 23.0. The summed E-state index contributed by atoms with van der Waals surface area (Å²) >= 11 is 5.37. The Labute approximate surface area is 99.9 Å². The molecule has 10 heteroatoms. The zero-order valence-corrected chi connectivity index (χ0v) is 9.49. The van der Waals surface area contributed by atoms with Crippen LogP contribution in [0, 0.1) is 27.2 Å². The summed E-state index contributed by atoms with van der Waals surface area (Å²) in [5.41, 5.74) is 0. The Kier molecular flexibility index (Phi) is 3.97. The quantitative estimate of drug-likeness (QED) is 0.472.